The number of nitrogens with zero attached hydrogens (tertiary/aromatic N) is 1. The Hall–Kier alpha value is -0.120. The molecule has 0 N–H and O–H groups in total. The molecule has 24 heavy (non-hydrogen) atoms. The first-order chi connectivity index (χ1) is 11.7. The molecular formula is C21H45NO2. The fourth-order valence-corrected chi connectivity index (χ4v) is 3.09. The maximum absolute atomic E-state index is 5.60. The SMILES string of the molecule is CCCCCCCCCCCCCCN(C)CC(OCC)OCC. The van der Waals surface area contributed by atoms with Crippen LogP contribution in [0.15, 0.2) is 0 Å². The molecule has 0 spiro atoms. The minimum absolute atomic E-state index is 0.0673. The zero-order valence-corrected chi connectivity index (χ0v) is 17.2. The van der Waals surface area contributed by atoms with Crippen LogP contribution in [-0.2, 0) is 9.47 Å². The zero-order chi connectivity index (χ0) is 17.9. The van der Waals surface area contributed by atoms with Gasteiger partial charge in [-0.15, -0.1) is 0 Å². The molecule has 0 heterocycles. The third kappa shape index (κ3) is 16.7. The molecule has 3 heteroatoms. The lowest BCUT2D eigenvalue weighted by Crippen LogP contribution is -2.33. The van der Waals surface area contributed by atoms with Crippen LogP contribution in [0.25, 0.3) is 0 Å². The van der Waals surface area contributed by atoms with E-state index in [0.29, 0.717) is 0 Å². The van der Waals surface area contributed by atoms with Crippen LogP contribution in [0.1, 0.15) is 97.8 Å². The Balaban J connectivity index is 3.33. The second kappa shape index (κ2) is 19.2. The molecule has 0 bridgehead atoms. The molecule has 0 aromatic heterocycles. The highest BCUT2D eigenvalue weighted by Gasteiger charge is 2.10. The average molecular weight is 344 g/mol. The molecule has 0 radical (unpaired) electrons. The van der Waals surface area contributed by atoms with Gasteiger partial charge in [0.2, 0.25) is 0 Å². The normalized spacial score (nSPS) is 11.8. The quantitative estimate of drug-likeness (QED) is 0.211. The lowest BCUT2D eigenvalue weighted by Gasteiger charge is -2.23. The number of likely N-dealkylation sites (N-methyl/N-ethyl adjacent to an activating group) is 1. The number of hydrogen-bond donors (Lipinski definition) is 0. The predicted molar refractivity (Wildman–Crippen MR) is 106 cm³/mol. The summed E-state index contributed by atoms with van der Waals surface area (Å²) in [6.07, 6.45) is 16.8. The Morgan fingerprint density at radius 1 is 0.625 bits per heavy atom. The Labute approximate surface area is 152 Å². The highest BCUT2D eigenvalue weighted by molar-refractivity contribution is 4.56. The molecule has 0 saturated carbocycles. The molecule has 0 aliphatic heterocycles. The van der Waals surface area contributed by atoms with Crippen molar-refractivity contribution in [1.82, 2.24) is 4.90 Å². The minimum atomic E-state index is -0.0673. The van der Waals surface area contributed by atoms with E-state index >= 15 is 0 Å². The molecule has 0 rings (SSSR count). The number of unbranched alkanes of at least 4 members (excludes halogenated alkanes) is 11. The van der Waals surface area contributed by atoms with E-state index < -0.39 is 0 Å². The van der Waals surface area contributed by atoms with Gasteiger partial charge in [0.1, 0.15) is 0 Å². The first-order valence-corrected chi connectivity index (χ1v) is 10.7. The van der Waals surface area contributed by atoms with E-state index in [1.54, 1.807) is 0 Å². The predicted octanol–water partition coefficient (Wildman–Crippen LogP) is 6.02. The van der Waals surface area contributed by atoms with Gasteiger partial charge in [-0.3, -0.25) is 0 Å². The van der Waals surface area contributed by atoms with E-state index in [1.807, 2.05) is 13.8 Å². The summed E-state index contributed by atoms with van der Waals surface area (Å²) in [4.78, 5) is 2.34. The fraction of sp³-hybridized carbons (Fsp3) is 1.00. The number of ether oxygens (including phenoxy) is 2. The van der Waals surface area contributed by atoms with Gasteiger partial charge in [-0.1, -0.05) is 77.6 Å². The molecule has 0 atom stereocenters. The van der Waals surface area contributed by atoms with Gasteiger partial charge in [-0.2, -0.15) is 0 Å². The second-order valence-electron chi connectivity index (χ2n) is 6.99. The second-order valence-corrected chi connectivity index (χ2v) is 6.99. The number of hydrogen-bond acceptors (Lipinski definition) is 3. The third-order valence-corrected chi connectivity index (χ3v) is 4.56. The van der Waals surface area contributed by atoms with Crippen molar-refractivity contribution in [3.05, 3.63) is 0 Å². The first-order valence-electron chi connectivity index (χ1n) is 10.7. The van der Waals surface area contributed by atoms with Gasteiger partial charge in [0.15, 0.2) is 6.29 Å². The molecular weight excluding hydrogens is 298 g/mol. The summed E-state index contributed by atoms with van der Waals surface area (Å²) in [5.74, 6) is 0. The molecule has 146 valence electrons. The lowest BCUT2D eigenvalue weighted by molar-refractivity contribution is -0.145. The van der Waals surface area contributed by atoms with E-state index in [2.05, 4.69) is 18.9 Å². The summed E-state index contributed by atoms with van der Waals surface area (Å²) >= 11 is 0. The van der Waals surface area contributed by atoms with Crippen LogP contribution >= 0.6 is 0 Å². The van der Waals surface area contributed by atoms with Crippen LogP contribution in [0, 0.1) is 0 Å². The third-order valence-electron chi connectivity index (χ3n) is 4.56. The maximum atomic E-state index is 5.60. The summed E-state index contributed by atoms with van der Waals surface area (Å²) in [7, 11) is 2.17. The van der Waals surface area contributed by atoms with Crippen molar-refractivity contribution >= 4 is 0 Å². The Morgan fingerprint density at radius 2 is 1.04 bits per heavy atom. The van der Waals surface area contributed by atoms with Crippen molar-refractivity contribution in [1.29, 1.82) is 0 Å². The maximum Gasteiger partial charge on any atom is 0.170 e. The number of rotatable bonds is 19. The molecule has 3 nitrogen and oxygen atoms in total. The monoisotopic (exact) mass is 343 g/mol. The topological polar surface area (TPSA) is 21.7 Å². The van der Waals surface area contributed by atoms with Crippen LogP contribution in [0.4, 0.5) is 0 Å². The molecule has 0 saturated heterocycles. The van der Waals surface area contributed by atoms with E-state index in [9.17, 15) is 0 Å². The van der Waals surface area contributed by atoms with Gasteiger partial charge in [0.25, 0.3) is 0 Å². The fourth-order valence-electron chi connectivity index (χ4n) is 3.09. The van der Waals surface area contributed by atoms with Crippen LogP contribution in [0.2, 0.25) is 0 Å². The average Bonchev–Trinajstić information content (AvgIpc) is 2.56. The molecule has 0 aliphatic rings. The molecule has 0 fully saturated rings. The van der Waals surface area contributed by atoms with Gasteiger partial charge in [-0.05, 0) is 33.9 Å². The Bertz CT molecular complexity index is 230. The van der Waals surface area contributed by atoms with Gasteiger partial charge < -0.3 is 14.4 Å². The highest BCUT2D eigenvalue weighted by atomic mass is 16.7. The summed E-state index contributed by atoms with van der Waals surface area (Å²) < 4.78 is 11.2. The van der Waals surface area contributed by atoms with Gasteiger partial charge in [-0.25, -0.2) is 0 Å². The van der Waals surface area contributed by atoms with E-state index in [4.69, 9.17) is 9.47 Å². The van der Waals surface area contributed by atoms with Gasteiger partial charge in [0.05, 0.1) is 0 Å². The summed E-state index contributed by atoms with van der Waals surface area (Å²) in [5.41, 5.74) is 0. The van der Waals surface area contributed by atoms with E-state index in [1.165, 1.54) is 77.0 Å². The minimum Gasteiger partial charge on any atom is -0.352 e. The van der Waals surface area contributed by atoms with E-state index in [0.717, 1.165) is 26.3 Å². The summed E-state index contributed by atoms with van der Waals surface area (Å²) in [6.45, 7) is 9.80. The smallest absolute Gasteiger partial charge is 0.170 e. The van der Waals surface area contributed by atoms with E-state index in [-0.39, 0.29) is 6.29 Å². The van der Waals surface area contributed by atoms with Crippen LogP contribution < -0.4 is 0 Å². The van der Waals surface area contributed by atoms with Crippen molar-refractivity contribution in [2.24, 2.45) is 0 Å². The van der Waals surface area contributed by atoms with Gasteiger partial charge in [0, 0.05) is 19.8 Å². The Kier molecular flexibility index (Phi) is 19.1. The zero-order valence-electron chi connectivity index (χ0n) is 17.2. The standard InChI is InChI=1S/C21H45NO2/c1-5-8-9-10-11-12-13-14-15-16-17-18-19-22(4)20-21(23-6-2)24-7-3/h21H,5-20H2,1-4H3. The lowest BCUT2D eigenvalue weighted by atomic mass is 10.1. The molecule has 0 amide bonds. The molecule has 0 unspecified atom stereocenters. The highest BCUT2D eigenvalue weighted by Crippen LogP contribution is 2.12. The summed E-state index contributed by atoms with van der Waals surface area (Å²) in [5, 5.41) is 0. The Morgan fingerprint density at radius 3 is 1.46 bits per heavy atom. The van der Waals surface area contributed by atoms with Crippen molar-refractivity contribution in [2.45, 2.75) is 104 Å². The van der Waals surface area contributed by atoms with Crippen molar-refractivity contribution in [3.63, 3.8) is 0 Å². The van der Waals surface area contributed by atoms with Crippen LogP contribution in [-0.4, -0.2) is 44.5 Å². The van der Waals surface area contributed by atoms with Crippen molar-refractivity contribution in [3.8, 4) is 0 Å². The largest absolute Gasteiger partial charge is 0.352 e. The molecule has 0 aromatic carbocycles. The van der Waals surface area contributed by atoms with Gasteiger partial charge >= 0.3 is 0 Å². The molecule has 0 aromatic rings. The van der Waals surface area contributed by atoms with Crippen molar-refractivity contribution in [2.75, 3.05) is 33.4 Å². The molecule has 0 aliphatic carbocycles. The van der Waals surface area contributed by atoms with Crippen molar-refractivity contribution < 1.29 is 9.47 Å². The first kappa shape index (κ1) is 23.9. The summed E-state index contributed by atoms with van der Waals surface area (Å²) in [6, 6.07) is 0. The van der Waals surface area contributed by atoms with Crippen LogP contribution in [0.5, 0.6) is 0 Å². The van der Waals surface area contributed by atoms with Crippen LogP contribution in [0.3, 0.4) is 0 Å².